The van der Waals surface area contributed by atoms with E-state index in [4.69, 9.17) is 10.5 Å². The standard InChI is InChI=1S/C11H13N5O2S.C2H6/c1-6-16(4-7(2-12)18-6)8-3-13-11-10(14-8)15-9(17)5-19-11;1-2/h3,7H,1-2,4-5,12H2,(H,14,15,17);1-2H3/t7-;/m1./s1. The van der Waals surface area contributed by atoms with Crippen LogP contribution in [0.2, 0.25) is 0 Å². The zero-order valence-electron chi connectivity index (χ0n) is 12.1. The van der Waals surface area contributed by atoms with Crippen LogP contribution >= 0.6 is 11.8 Å². The van der Waals surface area contributed by atoms with E-state index < -0.39 is 0 Å². The van der Waals surface area contributed by atoms with E-state index >= 15 is 0 Å². The molecule has 2 aliphatic heterocycles. The van der Waals surface area contributed by atoms with Gasteiger partial charge in [0.1, 0.15) is 11.1 Å². The van der Waals surface area contributed by atoms with Gasteiger partial charge in [-0.25, -0.2) is 9.97 Å². The number of anilines is 2. The van der Waals surface area contributed by atoms with Crippen molar-refractivity contribution in [2.24, 2.45) is 5.73 Å². The first-order valence-corrected chi connectivity index (χ1v) is 7.79. The molecule has 114 valence electrons. The van der Waals surface area contributed by atoms with Crippen molar-refractivity contribution in [3.8, 4) is 0 Å². The average molecular weight is 309 g/mol. The molecule has 3 rings (SSSR count). The van der Waals surface area contributed by atoms with E-state index in [1.54, 1.807) is 11.1 Å². The minimum Gasteiger partial charge on any atom is -0.473 e. The lowest BCUT2D eigenvalue weighted by Crippen LogP contribution is -2.27. The van der Waals surface area contributed by atoms with Crippen LogP contribution < -0.4 is 16.0 Å². The van der Waals surface area contributed by atoms with Gasteiger partial charge in [-0.1, -0.05) is 25.6 Å². The predicted octanol–water partition coefficient (Wildman–Crippen LogP) is 1.18. The summed E-state index contributed by atoms with van der Waals surface area (Å²) in [7, 11) is 0. The molecule has 0 bridgehead atoms. The van der Waals surface area contributed by atoms with Crippen LogP contribution in [0.1, 0.15) is 13.8 Å². The molecule has 8 heteroatoms. The number of carbonyl (C=O) groups excluding carboxylic acids is 1. The molecular weight excluding hydrogens is 290 g/mol. The Bertz CT molecular complexity index is 551. The number of rotatable bonds is 2. The lowest BCUT2D eigenvalue weighted by atomic mass is 10.3. The maximum Gasteiger partial charge on any atom is 0.236 e. The van der Waals surface area contributed by atoms with Crippen LogP contribution in [0.3, 0.4) is 0 Å². The fraction of sp³-hybridized carbons (Fsp3) is 0.462. The molecule has 0 radical (unpaired) electrons. The SMILES string of the molecule is C=C1O[C@H](CN)CN1c1cnc2c(n1)NC(=O)CS2.CC. The minimum atomic E-state index is -0.0886. The van der Waals surface area contributed by atoms with E-state index in [1.165, 1.54) is 11.8 Å². The lowest BCUT2D eigenvalue weighted by molar-refractivity contribution is -0.113. The van der Waals surface area contributed by atoms with Crippen LogP contribution in [0, 0.1) is 0 Å². The number of hydrogen-bond acceptors (Lipinski definition) is 7. The Morgan fingerprint density at radius 1 is 1.62 bits per heavy atom. The van der Waals surface area contributed by atoms with Crippen LogP contribution in [0.5, 0.6) is 0 Å². The van der Waals surface area contributed by atoms with Crippen molar-refractivity contribution < 1.29 is 9.53 Å². The Morgan fingerprint density at radius 3 is 3.05 bits per heavy atom. The first-order chi connectivity index (χ1) is 10.2. The second-order valence-corrected chi connectivity index (χ2v) is 5.16. The summed E-state index contributed by atoms with van der Waals surface area (Å²) in [4.78, 5) is 21.8. The smallest absolute Gasteiger partial charge is 0.236 e. The van der Waals surface area contributed by atoms with Gasteiger partial charge in [-0.3, -0.25) is 9.69 Å². The molecule has 0 saturated carbocycles. The van der Waals surface area contributed by atoms with Crippen molar-refractivity contribution in [1.82, 2.24) is 9.97 Å². The third kappa shape index (κ3) is 3.27. The maximum absolute atomic E-state index is 11.3. The highest BCUT2D eigenvalue weighted by Crippen LogP contribution is 2.31. The molecule has 2 aliphatic rings. The van der Waals surface area contributed by atoms with E-state index in [1.807, 2.05) is 13.8 Å². The summed E-state index contributed by atoms with van der Waals surface area (Å²) in [6.45, 7) is 8.83. The Morgan fingerprint density at radius 2 is 2.38 bits per heavy atom. The molecule has 0 aromatic carbocycles. The van der Waals surface area contributed by atoms with Crippen molar-refractivity contribution in [3.63, 3.8) is 0 Å². The summed E-state index contributed by atoms with van der Waals surface area (Å²) < 4.78 is 5.49. The molecule has 3 N–H and O–H groups in total. The molecule has 1 aromatic rings. The highest BCUT2D eigenvalue weighted by molar-refractivity contribution is 8.00. The number of carbonyl (C=O) groups is 1. The first kappa shape index (κ1) is 15.6. The van der Waals surface area contributed by atoms with E-state index in [0.29, 0.717) is 36.4 Å². The molecule has 7 nitrogen and oxygen atoms in total. The molecule has 1 fully saturated rings. The highest BCUT2D eigenvalue weighted by atomic mass is 32.2. The van der Waals surface area contributed by atoms with Gasteiger partial charge in [0, 0.05) is 6.54 Å². The Hall–Kier alpha value is -1.80. The Balaban J connectivity index is 0.000000774. The topological polar surface area (TPSA) is 93.4 Å². The number of nitrogens with two attached hydrogens (primary N) is 1. The fourth-order valence-electron chi connectivity index (χ4n) is 1.93. The Kier molecular flexibility index (Phi) is 5.03. The third-order valence-corrected chi connectivity index (χ3v) is 3.83. The van der Waals surface area contributed by atoms with Crippen LogP contribution in [0.15, 0.2) is 23.7 Å². The average Bonchev–Trinajstić information content (AvgIpc) is 2.89. The number of amides is 1. The molecule has 0 unspecified atom stereocenters. The van der Waals surface area contributed by atoms with Gasteiger partial charge in [0.2, 0.25) is 5.91 Å². The Labute approximate surface area is 128 Å². The van der Waals surface area contributed by atoms with Gasteiger partial charge in [-0.15, -0.1) is 0 Å². The second-order valence-electron chi connectivity index (χ2n) is 4.20. The fourth-order valence-corrected chi connectivity index (χ4v) is 2.63. The number of ether oxygens (including phenoxy) is 1. The summed E-state index contributed by atoms with van der Waals surface area (Å²) in [5.74, 6) is 1.89. The van der Waals surface area contributed by atoms with Crippen LogP contribution in [-0.4, -0.2) is 40.8 Å². The molecule has 1 saturated heterocycles. The van der Waals surface area contributed by atoms with E-state index in [0.717, 1.165) is 5.03 Å². The van der Waals surface area contributed by atoms with E-state index in [2.05, 4.69) is 21.9 Å². The minimum absolute atomic E-state index is 0.0692. The molecule has 1 atom stereocenters. The summed E-state index contributed by atoms with van der Waals surface area (Å²) in [6.07, 6.45) is 1.56. The second kappa shape index (κ2) is 6.77. The molecule has 1 aromatic heterocycles. The number of hydrogen-bond donors (Lipinski definition) is 2. The number of nitrogens with one attached hydrogen (secondary N) is 1. The van der Waals surface area contributed by atoms with Crippen LogP contribution in [0.25, 0.3) is 0 Å². The van der Waals surface area contributed by atoms with Gasteiger partial charge in [-0.2, -0.15) is 0 Å². The van der Waals surface area contributed by atoms with Crippen LogP contribution in [-0.2, 0) is 9.53 Å². The first-order valence-electron chi connectivity index (χ1n) is 6.80. The molecule has 1 amide bonds. The zero-order valence-corrected chi connectivity index (χ0v) is 12.9. The van der Waals surface area contributed by atoms with Crippen molar-refractivity contribution in [3.05, 3.63) is 18.7 Å². The van der Waals surface area contributed by atoms with Crippen molar-refractivity contribution in [2.75, 3.05) is 29.1 Å². The van der Waals surface area contributed by atoms with Crippen molar-refractivity contribution >= 4 is 29.3 Å². The van der Waals surface area contributed by atoms with Crippen molar-refractivity contribution in [1.29, 1.82) is 0 Å². The summed E-state index contributed by atoms with van der Waals surface area (Å²) in [6, 6.07) is 0. The van der Waals surface area contributed by atoms with E-state index in [-0.39, 0.29) is 12.0 Å². The zero-order chi connectivity index (χ0) is 15.4. The summed E-state index contributed by atoms with van der Waals surface area (Å²) in [5, 5.41) is 3.43. The van der Waals surface area contributed by atoms with Gasteiger partial charge < -0.3 is 15.8 Å². The van der Waals surface area contributed by atoms with E-state index in [9.17, 15) is 4.79 Å². The number of thioether (sulfide) groups is 1. The predicted molar refractivity (Wildman–Crippen MR) is 83.1 cm³/mol. The van der Waals surface area contributed by atoms with Gasteiger partial charge in [0.15, 0.2) is 17.5 Å². The maximum atomic E-state index is 11.3. The van der Waals surface area contributed by atoms with Crippen LogP contribution in [0.4, 0.5) is 11.6 Å². The number of aromatic nitrogens is 2. The lowest BCUT2D eigenvalue weighted by Gasteiger charge is -2.19. The molecule has 0 spiro atoms. The van der Waals surface area contributed by atoms with Gasteiger partial charge >= 0.3 is 0 Å². The summed E-state index contributed by atoms with van der Waals surface area (Å²) >= 11 is 1.38. The largest absolute Gasteiger partial charge is 0.473 e. The molecule has 21 heavy (non-hydrogen) atoms. The molecular formula is C13H19N5O2S. The molecule has 0 aliphatic carbocycles. The van der Waals surface area contributed by atoms with Gasteiger partial charge in [-0.05, 0) is 6.58 Å². The third-order valence-electron chi connectivity index (χ3n) is 2.85. The van der Waals surface area contributed by atoms with Gasteiger partial charge in [0.05, 0.1) is 18.5 Å². The van der Waals surface area contributed by atoms with Crippen molar-refractivity contribution in [2.45, 2.75) is 25.0 Å². The van der Waals surface area contributed by atoms with Gasteiger partial charge in [0.25, 0.3) is 0 Å². The normalized spacial score (nSPS) is 20.1. The monoisotopic (exact) mass is 309 g/mol. The molecule has 3 heterocycles. The summed E-state index contributed by atoms with van der Waals surface area (Å²) in [5.41, 5.74) is 5.58. The number of fused-ring (bicyclic) bond motifs is 1. The quantitative estimate of drug-likeness (QED) is 0.847. The number of nitrogens with zero attached hydrogens (tertiary/aromatic N) is 3. The highest BCUT2D eigenvalue weighted by Gasteiger charge is 2.29.